The van der Waals surface area contributed by atoms with Crippen LogP contribution in [0.25, 0.3) is 0 Å². The van der Waals surface area contributed by atoms with E-state index in [1.807, 2.05) is 6.92 Å². The van der Waals surface area contributed by atoms with Crippen LogP contribution in [0.5, 0.6) is 0 Å². The number of amides is 2. The van der Waals surface area contributed by atoms with Gasteiger partial charge in [0, 0.05) is 22.9 Å². The lowest BCUT2D eigenvalue weighted by molar-refractivity contribution is -0.123. The SMILES string of the molecule is C=CCSc1nc2c(c(=O)[nH]1)[C@H](C(=O)Nc1cc(Cl)ccc1C)CC(=O)N2. The lowest BCUT2D eigenvalue weighted by atomic mass is 9.92. The highest BCUT2D eigenvalue weighted by Gasteiger charge is 2.34. The molecule has 0 radical (unpaired) electrons. The number of carbonyl (C=O) groups excluding carboxylic acids is 2. The van der Waals surface area contributed by atoms with Gasteiger partial charge in [-0.05, 0) is 24.6 Å². The van der Waals surface area contributed by atoms with Crippen molar-refractivity contribution in [3.8, 4) is 0 Å². The Morgan fingerprint density at radius 3 is 3.00 bits per heavy atom. The Balaban J connectivity index is 1.94. The van der Waals surface area contributed by atoms with Gasteiger partial charge in [-0.3, -0.25) is 14.4 Å². The molecule has 0 fully saturated rings. The summed E-state index contributed by atoms with van der Waals surface area (Å²) in [6.45, 7) is 5.44. The van der Waals surface area contributed by atoms with Crippen molar-refractivity contribution in [1.82, 2.24) is 9.97 Å². The first kappa shape index (κ1) is 19.2. The lowest BCUT2D eigenvalue weighted by Crippen LogP contribution is -2.36. The van der Waals surface area contributed by atoms with Gasteiger partial charge in [0.05, 0.1) is 11.5 Å². The molecule has 3 rings (SSSR count). The second kappa shape index (κ2) is 7.98. The smallest absolute Gasteiger partial charge is 0.257 e. The van der Waals surface area contributed by atoms with Gasteiger partial charge < -0.3 is 15.6 Å². The molecule has 0 spiro atoms. The Morgan fingerprint density at radius 1 is 1.48 bits per heavy atom. The highest BCUT2D eigenvalue weighted by molar-refractivity contribution is 7.99. The lowest BCUT2D eigenvalue weighted by Gasteiger charge is -2.23. The standard InChI is InChI=1S/C18H17ClN4O3S/c1-3-6-27-18-22-15-14(17(26)23-18)11(8-13(24)21-15)16(25)20-12-7-10(19)5-4-9(12)2/h3-5,7,11H,1,6,8H2,2H3,(H,20,25)(H2,21,22,23,24,26)/t11-/m1/s1. The summed E-state index contributed by atoms with van der Waals surface area (Å²) in [6.07, 6.45) is 1.54. The fraction of sp³-hybridized carbons (Fsp3) is 0.222. The number of benzene rings is 1. The van der Waals surface area contributed by atoms with Crippen molar-refractivity contribution in [3.05, 3.63) is 57.4 Å². The van der Waals surface area contributed by atoms with Gasteiger partial charge in [0.2, 0.25) is 11.8 Å². The second-order valence-electron chi connectivity index (χ2n) is 5.99. The maximum absolute atomic E-state index is 12.8. The van der Waals surface area contributed by atoms with Gasteiger partial charge in [0.25, 0.3) is 5.56 Å². The molecular formula is C18H17ClN4O3S. The number of aryl methyl sites for hydroxylation is 1. The molecule has 3 N–H and O–H groups in total. The number of carbonyl (C=O) groups is 2. The maximum Gasteiger partial charge on any atom is 0.257 e. The number of fused-ring (bicyclic) bond motifs is 1. The molecule has 27 heavy (non-hydrogen) atoms. The molecular weight excluding hydrogens is 388 g/mol. The van der Waals surface area contributed by atoms with E-state index in [1.54, 1.807) is 24.3 Å². The largest absolute Gasteiger partial charge is 0.325 e. The minimum Gasteiger partial charge on any atom is -0.325 e. The predicted octanol–water partition coefficient (Wildman–Crippen LogP) is 3.07. The monoisotopic (exact) mass is 404 g/mol. The zero-order valence-electron chi connectivity index (χ0n) is 14.5. The zero-order chi connectivity index (χ0) is 19.6. The summed E-state index contributed by atoms with van der Waals surface area (Å²) in [5, 5.41) is 6.16. The number of halogens is 1. The summed E-state index contributed by atoms with van der Waals surface area (Å²) in [6, 6.07) is 5.11. The number of nitrogens with zero attached hydrogens (tertiary/aromatic N) is 1. The van der Waals surface area contributed by atoms with Gasteiger partial charge in [-0.2, -0.15) is 0 Å². The summed E-state index contributed by atoms with van der Waals surface area (Å²) < 4.78 is 0. The highest BCUT2D eigenvalue weighted by atomic mass is 35.5. The quantitative estimate of drug-likeness (QED) is 0.403. The average molecular weight is 405 g/mol. The first-order valence-electron chi connectivity index (χ1n) is 8.14. The first-order chi connectivity index (χ1) is 12.9. The molecule has 140 valence electrons. The summed E-state index contributed by atoms with van der Waals surface area (Å²) in [7, 11) is 0. The Bertz CT molecular complexity index is 989. The molecule has 2 heterocycles. The number of aromatic amines is 1. The third kappa shape index (κ3) is 4.23. The third-order valence-corrected chi connectivity index (χ3v) is 5.15. The van der Waals surface area contributed by atoms with Crippen LogP contribution in [0, 0.1) is 6.92 Å². The van der Waals surface area contributed by atoms with Gasteiger partial charge in [-0.25, -0.2) is 4.98 Å². The Labute approximate surface area is 164 Å². The molecule has 1 aliphatic rings. The van der Waals surface area contributed by atoms with Crippen molar-refractivity contribution in [2.24, 2.45) is 0 Å². The van der Waals surface area contributed by atoms with Gasteiger partial charge >= 0.3 is 0 Å². The molecule has 0 unspecified atom stereocenters. The molecule has 0 saturated carbocycles. The van der Waals surface area contributed by atoms with E-state index in [0.29, 0.717) is 21.6 Å². The van der Waals surface area contributed by atoms with E-state index in [2.05, 4.69) is 27.2 Å². The van der Waals surface area contributed by atoms with Crippen LogP contribution < -0.4 is 16.2 Å². The van der Waals surface area contributed by atoms with E-state index in [1.165, 1.54) is 11.8 Å². The normalized spacial score (nSPS) is 15.6. The van der Waals surface area contributed by atoms with Gasteiger partial charge in [0.1, 0.15) is 5.82 Å². The zero-order valence-corrected chi connectivity index (χ0v) is 16.0. The molecule has 9 heteroatoms. The number of aromatic nitrogens is 2. The molecule has 7 nitrogen and oxygen atoms in total. The second-order valence-corrected chi connectivity index (χ2v) is 7.43. The van der Waals surface area contributed by atoms with Crippen LogP contribution in [-0.2, 0) is 9.59 Å². The van der Waals surface area contributed by atoms with Crippen LogP contribution in [0.1, 0.15) is 23.5 Å². The van der Waals surface area contributed by atoms with Crippen molar-refractivity contribution in [3.63, 3.8) is 0 Å². The third-order valence-electron chi connectivity index (χ3n) is 4.04. The number of anilines is 2. The summed E-state index contributed by atoms with van der Waals surface area (Å²) >= 11 is 7.26. The number of H-pyrrole nitrogens is 1. The first-order valence-corrected chi connectivity index (χ1v) is 9.50. The van der Waals surface area contributed by atoms with Crippen molar-refractivity contribution in [2.45, 2.75) is 24.4 Å². The number of thioether (sulfide) groups is 1. The predicted molar refractivity (Wildman–Crippen MR) is 107 cm³/mol. The summed E-state index contributed by atoms with van der Waals surface area (Å²) in [5.41, 5.74) is 1.04. The summed E-state index contributed by atoms with van der Waals surface area (Å²) in [4.78, 5) is 44.3. The van der Waals surface area contributed by atoms with Crippen LogP contribution in [0.15, 0.2) is 40.8 Å². The maximum atomic E-state index is 12.8. The fourth-order valence-corrected chi connectivity index (χ4v) is 3.50. The van der Waals surface area contributed by atoms with Gasteiger partial charge in [-0.1, -0.05) is 35.5 Å². The minimum atomic E-state index is -0.943. The molecule has 2 amide bonds. The molecule has 0 bridgehead atoms. The minimum absolute atomic E-state index is 0.115. The average Bonchev–Trinajstić information content (AvgIpc) is 2.61. The Hall–Kier alpha value is -2.58. The molecule has 0 saturated heterocycles. The number of hydrogen-bond acceptors (Lipinski definition) is 5. The van der Waals surface area contributed by atoms with Crippen LogP contribution in [0.4, 0.5) is 11.5 Å². The van der Waals surface area contributed by atoms with E-state index in [4.69, 9.17) is 11.6 Å². The van der Waals surface area contributed by atoms with Gasteiger partial charge in [0.15, 0.2) is 5.16 Å². The van der Waals surface area contributed by atoms with E-state index in [9.17, 15) is 14.4 Å². The van der Waals surface area contributed by atoms with Crippen LogP contribution in [-0.4, -0.2) is 27.5 Å². The Kier molecular flexibility index (Phi) is 5.67. The number of rotatable bonds is 5. The fourth-order valence-electron chi connectivity index (χ4n) is 2.73. The Morgan fingerprint density at radius 2 is 2.26 bits per heavy atom. The topological polar surface area (TPSA) is 104 Å². The molecule has 1 atom stereocenters. The molecule has 1 aromatic carbocycles. The van der Waals surface area contributed by atoms with E-state index in [0.717, 1.165) is 5.56 Å². The van der Waals surface area contributed by atoms with Gasteiger partial charge in [-0.15, -0.1) is 6.58 Å². The highest BCUT2D eigenvalue weighted by Crippen LogP contribution is 2.31. The number of nitrogens with one attached hydrogen (secondary N) is 3. The van der Waals surface area contributed by atoms with E-state index >= 15 is 0 Å². The van der Waals surface area contributed by atoms with Crippen molar-refractivity contribution >= 4 is 46.7 Å². The summed E-state index contributed by atoms with van der Waals surface area (Å²) in [5.74, 6) is -1.11. The molecule has 0 aliphatic carbocycles. The van der Waals surface area contributed by atoms with Crippen LogP contribution in [0.2, 0.25) is 5.02 Å². The number of hydrogen-bond donors (Lipinski definition) is 3. The van der Waals surface area contributed by atoms with E-state index in [-0.39, 0.29) is 23.7 Å². The van der Waals surface area contributed by atoms with Crippen molar-refractivity contribution in [2.75, 3.05) is 16.4 Å². The van der Waals surface area contributed by atoms with Crippen LogP contribution >= 0.6 is 23.4 Å². The van der Waals surface area contributed by atoms with Crippen molar-refractivity contribution in [1.29, 1.82) is 0 Å². The molecule has 2 aromatic rings. The molecule has 1 aromatic heterocycles. The van der Waals surface area contributed by atoms with Crippen LogP contribution in [0.3, 0.4) is 0 Å². The van der Waals surface area contributed by atoms with E-state index < -0.39 is 17.4 Å². The van der Waals surface area contributed by atoms with Crippen molar-refractivity contribution < 1.29 is 9.59 Å². The molecule has 1 aliphatic heterocycles.